The molecular formula is C16H24BrNO. The normalized spacial score (nSPS) is 16.8. The van der Waals surface area contributed by atoms with Gasteiger partial charge in [0.05, 0.1) is 11.6 Å². The molecule has 19 heavy (non-hydrogen) atoms. The van der Waals surface area contributed by atoms with Gasteiger partial charge in [-0.05, 0) is 59.4 Å². The predicted molar refractivity (Wildman–Crippen MR) is 83.6 cm³/mol. The quantitative estimate of drug-likeness (QED) is 0.791. The van der Waals surface area contributed by atoms with Crippen molar-refractivity contribution in [2.24, 2.45) is 5.92 Å². The van der Waals surface area contributed by atoms with Crippen LogP contribution < -0.4 is 4.74 Å². The Bertz CT molecular complexity index is 402. The monoisotopic (exact) mass is 325 g/mol. The maximum Gasteiger partial charge on any atom is 0.133 e. The van der Waals surface area contributed by atoms with Gasteiger partial charge >= 0.3 is 0 Å². The molecule has 0 bridgehead atoms. The summed E-state index contributed by atoms with van der Waals surface area (Å²) in [6, 6.07) is 6.35. The standard InChI is InChI=1S/C16H24BrNO/c1-18(11-13-6-4-3-5-7-13)12-14-8-9-16(19-2)15(17)10-14/h8-10,13H,3-7,11-12H2,1-2H3. The SMILES string of the molecule is COc1ccc(CN(C)CC2CCCCC2)cc1Br. The topological polar surface area (TPSA) is 12.5 Å². The van der Waals surface area contributed by atoms with Gasteiger partial charge in [0.1, 0.15) is 5.75 Å². The fourth-order valence-corrected chi connectivity index (χ4v) is 3.58. The molecule has 2 rings (SSSR count). The zero-order chi connectivity index (χ0) is 13.7. The molecule has 1 aliphatic carbocycles. The van der Waals surface area contributed by atoms with Gasteiger partial charge in [-0.25, -0.2) is 0 Å². The van der Waals surface area contributed by atoms with Crippen LogP contribution in [0.4, 0.5) is 0 Å². The van der Waals surface area contributed by atoms with E-state index in [0.29, 0.717) is 0 Å². The largest absolute Gasteiger partial charge is 0.496 e. The number of rotatable bonds is 5. The van der Waals surface area contributed by atoms with E-state index in [9.17, 15) is 0 Å². The van der Waals surface area contributed by atoms with E-state index in [2.05, 4.69) is 40.0 Å². The number of nitrogens with zero attached hydrogens (tertiary/aromatic N) is 1. The van der Waals surface area contributed by atoms with Gasteiger partial charge in [0.25, 0.3) is 0 Å². The van der Waals surface area contributed by atoms with Crippen molar-refractivity contribution in [3.8, 4) is 5.75 Å². The third kappa shape index (κ3) is 4.50. The molecule has 0 heterocycles. The molecule has 1 saturated carbocycles. The van der Waals surface area contributed by atoms with Gasteiger partial charge in [0.15, 0.2) is 0 Å². The molecule has 0 atom stereocenters. The van der Waals surface area contributed by atoms with E-state index in [1.165, 1.54) is 44.2 Å². The molecule has 0 amide bonds. The average Bonchev–Trinajstić information content (AvgIpc) is 2.40. The number of hydrogen-bond acceptors (Lipinski definition) is 2. The lowest BCUT2D eigenvalue weighted by Crippen LogP contribution is -2.26. The molecule has 0 aromatic heterocycles. The van der Waals surface area contributed by atoms with E-state index in [0.717, 1.165) is 22.7 Å². The van der Waals surface area contributed by atoms with Gasteiger partial charge < -0.3 is 9.64 Å². The molecule has 106 valence electrons. The minimum absolute atomic E-state index is 0.902. The molecule has 3 heteroatoms. The second kappa shape index (κ2) is 7.30. The Balaban J connectivity index is 1.87. The maximum atomic E-state index is 5.27. The molecular weight excluding hydrogens is 302 g/mol. The van der Waals surface area contributed by atoms with E-state index in [1.807, 2.05) is 6.07 Å². The number of methoxy groups -OCH3 is 1. The molecule has 1 aromatic carbocycles. The van der Waals surface area contributed by atoms with Crippen molar-refractivity contribution in [2.45, 2.75) is 38.6 Å². The fourth-order valence-electron chi connectivity index (χ4n) is 2.99. The van der Waals surface area contributed by atoms with Crippen molar-refractivity contribution in [3.05, 3.63) is 28.2 Å². The third-order valence-electron chi connectivity index (χ3n) is 3.96. The van der Waals surface area contributed by atoms with Crippen LogP contribution >= 0.6 is 15.9 Å². The Kier molecular flexibility index (Phi) is 5.71. The van der Waals surface area contributed by atoms with Gasteiger partial charge in [0, 0.05) is 13.1 Å². The molecule has 1 aliphatic rings. The lowest BCUT2D eigenvalue weighted by Gasteiger charge is -2.27. The molecule has 0 spiro atoms. The molecule has 1 fully saturated rings. The maximum absolute atomic E-state index is 5.27. The van der Waals surface area contributed by atoms with Crippen LogP contribution in [0.3, 0.4) is 0 Å². The molecule has 0 unspecified atom stereocenters. The zero-order valence-corrected chi connectivity index (χ0v) is 13.6. The van der Waals surface area contributed by atoms with Gasteiger partial charge in [0.2, 0.25) is 0 Å². The van der Waals surface area contributed by atoms with Crippen molar-refractivity contribution >= 4 is 15.9 Å². The van der Waals surface area contributed by atoms with E-state index in [4.69, 9.17) is 4.74 Å². The molecule has 1 aromatic rings. The summed E-state index contributed by atoms with van der Waals surface area (Å²) in [5.41, 5.74) is 1.34. The van der Waals surface area contributed by atoms with Crippen molar-refractivity contribution < 1.29 is 4.74 Å². The highest BCUT2D eigenvalue weighted by atomic mass is 79.9. The Morgan fingerprint density at radius 2 is 2.00 bits per heavy atom. The minimum atomic E-state index is 0.902. The number of hydrogen-bond donors (Lipinski definition) is 0. The predicted octanol–water partition coefficient (Wildman–Crippen LogP) is 4.47. The Labute approximate surface area is 125 Å². The first-order valence-electron chi connectivity index (χ1n) is 7.20. The third-order valence-corrected chi connectivity index (χ3v) is 4.58. The molecule has 0 aliphatic heterocycles. The van der Waals surface area contributed by atoms with Gasteiger partial charge in [-0.3, -0.25) is 0 Å². The van der Waals surface area contributed by atoms with Gasteiger partial charge in [-0.15, -0.1) is 0 Å². The van der Waals surface area contributed by atoms with Crippen LogP contribution in [0.15, 0.2) is 22.7 Å². The summed E-state index contributed by atoms with van der Waals surface area (Å²) in [5.74, 6) is 1.80. The fraction of sp³-hybridized carbons (Fsp3) is 0.625. The van der Waals surface area contributed by atoms with Crippen LogP contribution in [0.1, 0.15) is 37.7 Å². The van der Waals surface area contributed by atoms with Crippen molar-refractivity contribution in [2.75, 3.05) is 20.7 Å². The van der Waals surface area contributed by atoms with Crippen LogP contribution in [0, 0.1) is 5.92 Å². The van der Waals surface area contributed by atoms with Crippen LogP contribution in [-0.4, -0.2) is 25.6 Å². The molecule has 0 radical (unpaired) electrons. The number of ether oxygens (including phenoxy) is 1. The first kappa shape index (κ1) is 14.9. The zero-order valence-electron chi connectivity index (χ0n) is 12.0. The second-order valence-corrected chi connectivity index (χ2v) is 6.52. The van der Waals surface area contributed by atoms with Gasteiger partial charge in [-0.1, -0.05) is 25.3 Å². The number of halogens is 1. The summed E-state index contributed by atoms with van der Waals surface area (Å²) >= 11 is 3.55. The Morgan fingerprint density at radius 3 is 2.63 bits per heavy atom. The summed E-state index contributed by atoms with van der Waals surface area (Å²) in [6.07, 6.45) is 7.11. The Morgan fingerprint density at radius 1 is 1.26 bits per heavy atom. The second-order valence-electron chi connectivity index (χ2n) is 5.67. The van der Waals surface area contributed by atoms with Crippen molar-refractivity contribution in [1.29, 1.82) is 0 Å². The van der Waals surface area contributed by atoms with Gasteiger partial charge in [-0.2, -0.15) is 0 Å². The highest BCUT2D eigenvalue weighted by molar-refractivity contribution is 9.10. The Hall–Kier alpha value is -0.540. The van der Waals surface area contributed by atoms with Crippen molar-refractivity contribution in [1.82, 2.24) is 4.90 Å². The van der Waals surface area contributed by atoms with Crippen molar-refractivity contribution in [3.63, 3.8) is 0 Å². The smallest absolute Gasteiger partial charge is 0.133 e. The summed E-state index contributed by atoms with van der Waals surface area (Å²) in [4.78, 5) is 2.45. The van der Waals surface area contributed by atoms with Crippen LogP contribution in [0.5, 0.6) is 5.75 Å². The highest BCUT2D eigenvalue weighted by Crippen LogP contribution is 2.27. The summed E-state index contributed by atoms with van der Waals surface area (Å²) in [6.45, 7) is 2.24. The minimum Gasteiger partial charge on any atom is -0.496 e. The highest BCUT2D eigenvalue weighted by Gasteiger charge is 2.15. The van der Waals surface area contributed by atoms with E-state index < -0.39 is 0 Å². The first-order chi connectivity index (χ1) is 9.19. The lowest BCUT2D eigenvalue weighted by atomic mass is 9.89. The van der Waals surface area contributed by atoms with E-state index in [1.54, 1.807) is 7.11 Å². The van der Waals surface area contributed by atoms with E-state index >= 15 is 0 Å². The van der Waals surface area contributed by atoms with E-state index in [-0.39, 0.29) is 0 Å². The van der Waals surface area contributed by atoms with Crippen LogP contribution in [0.2, 0.25) is 0 Å². The average molecular weight is 326 g/mol. The summed E-state index contributed by atoms with van der Waals surface area (Å²) in [5, 5.41) is 0. The first-order valence-corrected chi connectivity index (χ1v) is 7.99. The van der Waals surface area contributed by atoms with Crippen LogP contribution in [0.25, 0.3) is 0 Å². The summed E-state index contributed by atoms with van der Waals surface area (Å²) in [7, 11) is 3.93. The molecule has 0 N–H and O–H groups in total. The molecule has 2 nitrogen and oxygen atoms in total. The lowest BCUT2D eigenvalue weighted by molar-refractivity contribution is 0.228. The van der Waals surface area contributed by atoms with Crippen LogP contribution in [-0.2, 0) is 6.54 Å². The number of benzene rings is 1. The summed E-state index contributed by atoms with van der Waals surface area (Å²) < 4.78 is 6.31. The molecule has 0 saturated heterocycles.